The van der Waals surface area contributed by atoms with E-state index in [4.69, 9.17) is 4.74 Å². The minimum Gasteiger partial charge on any atom is -0.385 e. The van der Waals surface area contributed by atoms with Crippen molar-refractivity contribution in [2.75, 3.05) is 27.3 Å². The van der Waals surface area contributed by atoms with Crippen LogP contribution in [0.5, 0.6) is 0 Å². The van der Waals surface area contributed by atoms with E-state index in [9.17, 15) is 0 Å². The second-order valence-corrected chi connectivity index (χ2v) is 3.98. The van der Waals surface area contributed by atoms with Gasteiger partial charge in [0, 0.05) is 20.3 Å². The molecule has 0 atom stereocenters. The van der Waals surface area contributed by atoms with Gasteiger partial charge in [-0.1, -0.05) is 6.42 Å². The lowest BCUT2D eigenvalue weighted by Gasteiger charge is -2.13. The average molecular weight is 171 g/mol. The van der Waals surface area contributed by atoms with Gasteiger partial charge in [-0.2, -0.15) is 0 Å². The van der Waals surface area contributed by atoms with Gasteiger partial charge < -0.3 is 10.1 Å². The largest absolute Gasteiger partial charge is 0.385 e. The lowest BCUT2D eigenvalue weighted by Crippen LogP contribution is -2.19. The molecule has 1 saturated carbocycles. The summed E-state index contributed by atoms with van der Waals surface area (Å²) in [6.45, 7) is 2.13. The summed E-state index contributed by atoms with van der Waals surface area (Å²) in [4.78, 5) is 0. The van der Waals surface area contributed by atoms with Crippen LogP contribution in [0.25, 0.3) is 0 Å². The number of hydrogen-bond acceptors (Lipinski definition) is 2. The Labute approximate surface area is 75.7 Å². The Hall–Kier alpha value is -0.0800. The molecule has 0 saturated heterocycles. The predicted octanol–water partition coefficient (Wildman–Crippen LogP) is 1.80. The molecule has 2 nitrogen and oxygen atoms in total. The van der Waals surface area contributed by atoms with Gasteiger partial charge >= 0.3 is 0 Å². The fourth-order valence-electron chi connectivity index (χ4n) is 1.81. The van der Waals surface area contributed by atoms with Crippen molar-refractivity contribution in [3.63, 3.8) is 0 Å². The fraction of sp³-hybridized carbons (Fsp3) is 1.00. The number of methoxy groups -OCH3 is 1. The molecule has 1 aliphatic rings. The van der Waals surface area contributed by atoms with Crippen LogP contribution in [0.1, 0.15) is 32.1 Å². The van der Waals surface area contributed by atoms with Crippen molar-refractivity contribution in [3.05, 3.63) is 0 Å². The number of unbranched alkanes of at least 4 members (excludes halogenated alkanes) is 1. The molecule has 2 heteroatoms. The van der Waals surface area contributed by atoms with Gasteiger partial charge in [-0.15, -0.1) is 0 Å². The summed E-state index contributed by atoms with van der Waals surface area (Å²) in [5.74, 6) is 0. The van der Waals surface area contributed by atoms with Crippen LogP contribution in [-0.4, -0.2) is 27.3 Å². The van der Waals surface area contributed by atoms with Crippen molar-refractivity contribution in [1.82, 2.24) is 5.32 Å². The molecule has 1 fully saturated rings. The molecule has 0 bridgehead atoms. The topological polar surface area (TPSA) is 21.3 Å². The van der Waals surface area contributed by atoms with Crippen LogP contribution in [0.3, 0.4) is 0 Å². The average Bonchev–Trinajstić information content (AvgIpc) is 2.81. The Bertz CT molecular complexity index is 121. The highest BCUT2D eigenvalue weighted by molar-refractivity contribution is 4.94. The summed E-state index contributed by atoms with van der Waals surface area (Å²) in [6, 6.07) is 0. The summed E-state index contributed by atoms with van der Waals surface area (Å²) in [5, 5.41) is 3.28. The minimum absolute atomic E-state index is 0.683. The second kappa shape index (κ2) is 4.83. The van der Waals surface area contributed by atoms with Crippen molar-refractivity contribution < 1.29 is 4.74 Å². The van der Waals surface area contributed by atoms with Crippen molar-refractivity contribution in [2.45, 2.75) is 32.1 Å². The van der Waals surface area contributed by atoms with Crippen LogP contribution in [-0.2, 0) is 4.74 Å². The van der Waals surface area contributed by atoms with Gasteiger partial charge in [0.05, 0.1) is 0 Å². The first kappa shape index (κ1) is 10.0. The highest BCUT2D eigenvalue weighted by Gasteiger charge is 2.40. The molecule has 0 aromatic heterocycles. The standard InChI is InChI=1S/C10H21NO/c1-11-9-10(6-7-10)5-3-4-8-12-2/h11H,3-9H2,1-2H3. The third-order valence-electron chi connectivity index (χ3n) is 2.81. The van der Waals surface area contributed by atoms with Crippen LogP contribution < -0.4 is 5.32 Å². The van der Waals surface area contributed by atoms with Gasteiger partial charge in [0.1, 0.15) is 0 Å². The highest BCUT2D eigenvalue weighted by Crippen LogP contribution is 2.49. The highest BCUT2D eigenvalue weighted by atomic mass is 16.5. The summed E-state index contributed by atoms with van der Waals surface area (Å²) >= 11 is 0. The van der Waals surface area contributed by atoms with Crippen molar-refractivity contribution in [3.8, 4) is 0 Å². The maximum atomic E-state index is 5.02. The first-order valence-corrected chi connectivity index (χ1v) is 4.96. The normalized spacial score (nSPS) is 19.5. The van der Waals surface area contributed by atoms with Crippen LogP contribution in [0.2, 0.25) is 0 Å². The zero-order valence-corrected chi connectivity index (χ0v) is 8.36. The number of ether oxygens (including phenoxy) is 1. The van der Waals surface area contributed by atoms with E-state index >= 15 is 0 Å². The molecule has 0 radical (unpaired) electrons. The Morgan fingerprint density at radius 2 is 2.08 bits per heavy atom. The molecule has 1 rings (SSSR count). The Morgan fingerprint density at radius 3 is 2.58 bits per heavy atom. The Kier molecular flexibility index (Phi) is 4.02. The molecule has 0 unspecified atom stereocenters. The zero-order valence-electron chi connectivity index (χ0n) is 8.36. The number of rotatable bonds is 7. The third-order valence-corrected chi connectivity index (χ3v) is 2.81. The van der Waals surface area contributed by atoms with Crippen molar-refractivity contribution in [2.24, 2.45) is 5.41 Å². The van der Waals surface area contributed by atoms with Crippen molar-refractivity contribution in [1.29, 1.82) is 0 Å². The summed E-state index contributed by atoms with van der Waals surface area (Å²) in [5.41, 5.74) is 0.683. The van der Waals surface area contributed by atoms with Gasteiger partial charge in [-0.25, -0.2) is 0 Å². The van der Waals surface area contributed by atoms with Crippen LogP contribution in [0.4, 0.5) is 0 Å². The predicted molar refractivity (Wildman–Crippen MR) is 51.3 cm³/mol. The quantitative estimate of drug-likeness (QED) is 0.590. The Morgan fingerprint density at radius 1 is 1.33 bits per heavy atom. The van der Waals surface area contributed by atoms with E-state index in [2.05, 4.69) is 12.4 Å². The monoisotopic (exact) mass is 171 g/mol. The van der Waals surface area contributed by atoms with E-state index in [-0.39, 0.29) is 0 Å². The third kappa shape index (κ3) is 3.11. The van der Waals surface area contributed by atoms with E-state index in [0.717, 1.165) is 6.61 Å². The van der Waals surface area contributed by atoms with E-state index in [0.29, 0.717) is 5.41 Å². The van der Waals surface area contributed by atoms with Crippen LogP contribution >= 0.6 is 0 Å². The molecular formula is C10H21NO. The SMILES string of the molecule is CNCC1(CCCCOC)CC1. The lowest BCUT2D eigenvalue weighted by molar-refractivity contribution is 0.189. The maximum Gasteiger partial charge on any atom is 0.0462 e. The summed E-state index contributed by atoms with van der Waals surface area (Å²) in [7, 11) is 3.83. The van der Waals surface area contributed by atoms with Gasteiger partial charge in [-0.05, 0) is 38.1 Å². The summed E-state index contributed by atoms with van der Waals surface area (Å²) in [6.07, 6.45) is 6.80. The summed E-state index contributed by atoms with van der Waals surface area (Å²) < 4.78 is 5.02. The first-order valence-electron chi connectivity index (χ1n) is 4.96. The molecule has 12 heavy (non-hydrogen) atoms. The maximum absolute atomic E-state index is 5.02. The second-order valence-electron chi connectivity index (χ2n) is 3.98. The lowest BCUT2D eigenvalue weighted by atomic mass is 9.99. The van der Waals surface area contributed by atoms with E-state index in [1.54, 1.807) is 7.11 Å². The molecule has 0 spiro atoms. The molecular weight excluding hydrogens is 150 g/mol. The smallest absolute Gasteiger partial charge is 0.0462 e. The Balaban J connectivity index is 1.98. The van der Waals surface area contributed by atoms with Gasteiger partial charge in [0.25, 0.3) is 0 Å². The van der Waals surface area contributed by atoms with E-state index in [1.165, 1.54) is 38.6 Å². The zero-order chi connectivity index (χ0) is 8.86. The molecule has 1 aliphatic carbocycles. The molecule has 0 aliphatic heterocycles. The molecule has 0 amide bonds. The molecule has 0 heterocycles. The fourth-order valence-corrected chi connectivity index (χ4v) is 1.81. The van der Waals surface area contributed by atoms with E-state index in [1.807, 2.05) is 0 Å². The van der Waals surface area contributed by atoms with Gasteiger partial charge in [0.2, 0.25) is 0 Å². The molecule has 1 N–H and O–H groups in total. The van der Waals surface area contributed by atoms with Gasteiger partial charge in [-0.3, -0.25) is 0 Å². The van der Waals surface area contributed by atoms with Crippen LogP contribution in [0, 0.1) is 5.41 Å². The molecule has 0 aromatic carbocycles. The van der Waals surface area contributed by atoms with Gasteiger partial charge in [0.15, 0.2) is 0 Å². The molecule has 0 aromatic rings. The number of hydrogen-bond donors (Lipinski definition) is 1. The first-order chi connectivity index (χ1) is 5.83. The van der Waals surface area contributed by atoms with Crippen molar-refractivity contribution >= 4 is 0 Å². The van der Waals surface area contributed by atoms with E-state index < -0.39 is 0 Å². The minimum atomic E-state index is 0.683. The number of nitrogens with one attached hydrogen (secondary N) is 1. The van der Waals surface area contributed by atoms with Crippen LogP contribution in [0.15, 0.2) is 0 Å². The molecule has 72 valence electrons.